The van der Waals surface area contributed by atoms with Gasteiger partial charge in [-0.15, -0.1) is 11.3 Å². The number of aromatic nitrogens is 1. The number of nitrogens with zero attached hydrogens (tertiary/aromatic N) is 2. The average molecular weight is 366 g/mol. The van der Waals surface area contributed by atoms with E-state index < -0.39 is 0 Å². The Morgan fingerprint density at radius 2 is 1.88 bits per heavy atom. The maximum absolute atomic E-state index is 11.1. The van der Waals surface area contributed by atoms with E-state index in [0.29, 0.717) is 6.54 Å². The minimum atomic E-state index is 0.652. The topological polar surface area (TPSA) is 45.2 Å². The molecular formula is C21H23N3OS. The van der Waals surface area contributed by atoms with Crippen molar-refractivity contribution in [3.05, 3.63) is 65.5 Å². The van der Waals surface area contributed by atoms with Gasteiger partial charge in [0.05, 0.1) is 5.69 Å². The van der Waals surface area contributed by atoms with Crippen LogP contribution in [0, 0.1) is 0 Å². The Morgan fingerprint density at radius 3 is 2.58 bits per heavy atom. The van der Waals surface area contributed by atoms with E-state index in [9.17, 15) is 4.79 Å². The van der Waals surface area contributed by atoms with Crippen LogP contribution in [0.25, 0.3) is 11.3 Å². The molecule has 0 saturated heterocycles. The van der Waals surface area contributed by atoms with Crippen molar-refractivity contribution in [3.63, 3.8) is 0 Å². The van der Waals surface area contributed by atoms with Gasteiger partial charge in [0.25, 0.3) is 0 Å². The maximum Gasteiger partial charge on any atom is 0.210 e. The van der Waals surface area contributed by atoms with Crippen LogP contribution in [0.5, 0.6) is 0 Å². The molecule has 0 atom stereocenters. The Balaban J connectivity index is 1.61. The summed E-state index contributed by atoms with van der Waals surface area (Å²) < 4.78 is 0. The second-order valence-corrected chi connectivity index (χ2v) is 7.01. The fourth-order valence-corrected chi connectivity index (χ4v) is 3.39. The predicted molar refractivity (Wildman–Crippen MR) is 109 cm³/mol. The van der Waals surface area contributed by atoms with Crippen LogP contribution in [0.15, 0.2) is 60.0 Å². The zero-order chi connectivity index (χ0) is 18.2. The molecule has 1 amide bonds. The minimum absolute atomic E-state index is 0.652. The Labute approximate surface area is 158 Å². The number of thiazole rings is 1. The van der Waals surface area contributed by atoms with E-state index in [2.05, 4.69) is 46.9 Å². The molecule has 3 aromatic rings. The van der Waals surface area contributed by atoms with Crippen molar-refractivity contribution in [2.75, 3.05) is 11.9 Å². The molecule has 5 heteroatoms. The predicted octanol–water partition coefficient (Wildman–Crippen LogP) is 5.31. The summed E-state index contributed by atoms with van der Waals surface area (Å²) in [6.07, 6.45) is 3.06. The SMILES string of the molecule is CCCCN(C=O)Cc1ccc(Nc2nc(-c3ccccc3)cs2)cc1. The summed E-state index contributed by atoms with van der Waals surface area (Å²) in [5.74, 6) is 0. The van der Waals surface area contributed by atoms with Crippen LogP contribution in [0.2, 0.25) is 0 Å². The zero-order valence-corrected chi connectivity index (χ0v) is 15.7. The van der Waals surface area contributed by atoms with Gasteiger partial charge in [0.2, 0.25) is 6.41 Å². The number of rotatable bonds is 9. The van der Waals surface area contributed by atoms with Crippen LogP contribution < -0.4 is 5.32 Å². The summed E-state index contributed by atoms with van der Waals surface area (Å²) in [6.45, 7) is 3.59. The van der Waals surface area contributed by atoms with Crippen molar-refractivity contribution in [1.29, 1.82) is 0 Å². The molecule has 2 aromatic carbocycles. The second-order valence-electron chi connectivity index (χ2n) is 6.16. The van der Waals surface area contributed by atoms with E-state index in [1.165, 1.54) is 0 Å². The number of carbonyl (C=O) groups is 1. The number of hydrogen-bond acceptors (Lipinski definition) is 4. The number of amides is 1. The molecule has 0 aliphatic rings. The molecule has 1 heterocycles. The van der Waals surface area contributed by atoms with Gasteiger partial charge in [-0.3, -0.25) is 4.79 Å². The molecule has 0 aliphatic heterocycles. The van der Waals surface area contributed by atoms with Gasteiger partial charge in [-0.1, -0.05) is 55.8 Å². The van der Waals surface area contributed by atoms with Crippen LogP contribution in [0.4, 0.5) is 10.8 Å². The molecule has 134 valence electrons. The molecule has 1 N–H and O–H groups in total. The van der Waals surface area contributed by atoms with Gasteiger partial charge in [-0.2, -0.15) is 0 Å². The van der Waals surface area contributed by atoms with Crippen molar-refractivity contribution in [1.82, 2.24) is 9.88 Å². The Hall–Kier alpha value is -2.66. The first kappa shape index (κ1) is 18.1. The number of hydrogen-bond donors (Lipinski definition) is 1. The molecule has 4 nitrogen and oxygen atoms in total. The number of carbonyl (C=O) groups excluding carboxylic acids is 1. The molecule has 0 saturated carbocycles. The van der Waals surface area contributed by atoms with Gasteiger partial charge in [0.1, 0.15) is 0 Å². The first-order valence-corrected chi connectivity index (χ1v) is 9.72. The Morgan fingerprint density at radius 1 is 1.12 bits per heavy atom. The van der Waals surface area contributed by atoms with Gasteiger partial charge in [0, 0.05) is 29.7 Å². The van der Waals surface area contributed by atoms with Crippen LogP contribution in [0.1, 0.15) is 25.3 Å². The lowest BCUT2D eigenvalue weighted by Gasteiger charge is -2.17. The quantitative estimate of drug-likeness (QED) is 0.523. The normalized spacial score (nSPS) is 10.5. The number of benzene rings is 2. The molecule has 0 fully saturated rings. The Bertz CT molecular complexity index is 815. The first-order valence-electron chi connectivity index (χ1n) is 8.84. The summed E-state index contributed by atoms with van der Waals surface area (Å²) in [5, 5.41) is 6.27. The third kappa shape index (κ3) is 4.92. The Kier molecular flexibility index (Phi) is 6.39. The summed E-state index contributed by atoms with van der Waals surface area (Å²) >= 11 is 1.59. The van der Waals surface area contributed by atoms with Crippen molar-refractivity contribution in [2.24, 2.45) is 0 Å². The molecule has 3 rings (SSSR count). The summed E-state index contributed by atoms with van der Waals surface area (Å²) in [7, 11) is 0. The fourth-order valence-electron chi connectivity index (χ4n) is 2.65. The molecule has 0 unspecified atom stereocenters. The second kappa shape index (κ2) is 9.15. The van der Waals surface area contributed by atoms with Crippen molar-refractivity contribution in [3.8, 4) is 11.3 Å². The monoisotopic (exact) mass is 365 g/mol. The standard InChI is InChI=1S/C21H23N3OS/c1-2-3-13-24(16-25)14-17-9-11-19(12-10-17)22-21-23-20(15-26-21)18-7-5-4-6-8-18/h4-12,15-16H,2-3,13-14H2,1H3,(H,22,23). The molecule has 0 spiro atoms. The summed E-state index contributed by atoms with van der Waals surface area (Å²) in [6, 6.07) is 18.3. The number of unbranched alkanes of at least 4 members (excludes halogenated alkanes) is 1. The molecule has 1 aromatic heterocycles. The van der Waals surface area contributed by atoms with Gasteiger partial charge in [-0.05, 0) is 24.1 Å². The largest absolute Gasteiger partial charge is 0.341 e. The van der Waals surface area contributed by atoms with Gasteiger partial charge in [-0.25, -0.2) is 4.98 Å². The molecule has 0 bridgehead atoms. The van der Waals surface area contributed by atoms with Crippen molar-refractivity contribution >= 4 is 28.6 Å². The number of nitrogens with one attached hydrogen (secondary N) is 1. The van der Waals surface area contributed by atoms with E-state index in [4.69, 9.17) is 0 Å². The average Bonchev–Trinajstić information content (AvgIpc) is 3.15. The van der Waals surface area contributed by atoms with Gasteiger partial charge >= 0.3 is 0 Å². The summed E-state index contributed by atoms with van der Waals surface area (Å²) in [4.78, 5) is 17.6. The minimum Gasteiger partial charge on any atom is -0.341 e. The van der Waals surface area contributed by atoms with Gasteiger partial charge < -0.3 is 10.2 Å². The lowest BCUT2D eigenvalue weighted by atomic mass is 10.2. The summed E-state index contributed by atoms with van der Waals surface area (Å²) in [5.41, 5.74) is 4.22. The van der Waals surface area contributed by atoms with E-state index in [0.717, 1.165) is 53.4 Å². The lowest BCUT2D eigenvalue weighted by molar-refractivity contribution is -0.118. The molecular weight excluding hydrogens is 342 g/mol. The maximum atomic E-state index is 11.1. The van der Waals surface area contributed by atoms with E-state index in [-0.39, 0.29) is 0 Å². The fraction of sp³-hybridized carbons (Fsp3) is 0.238. The van der Waals surface area contributed by atoms with Crippen molar-refractivity contribution in [2.45, 2.75) is 26.3 Å². The third-order valence-electron chi connectivity index (χ3n) is 4.11. The molecule has 26 heavy (non-hydrogen) atoms. The number of anilines is 2. The first-order chi connectivity index (χ1) is 12.8. The highest BCUT2D eigenvalue weighted by molar-refractivity contribution is 7.14. The highest BCUT2D eigenvalue weighted by atomic mass is 32.1. The zero-order valence-electron chi connectivity index (χ0n) is 14.9. The highest BCUT2D eigenvalue weighted by Gasteiger charge is 2.06. The molecule has 0 aliphatic carbocycles. The van der Waals surface area contributed by atoms with E-state index >= 15 is 0 Å². The highest BCUT2D eigenvalue weighted by Crippen LogP contribution is 2.27. The van der Waals surface area contributed by atoms with Crippen LogP contribution in [0.3, 0.4) is 0 Å². The van der Waals surface area contributed by atoms with Crippen molar-refractivity contribution < 1.29 is 4.79 Å². The third-order valence-corrected chi connectivity index (χ3v) is 4.87. The smallest absolute Gasteiger partial charge is 0.210 e. The lowest BCUT2D eigenvalue weighted by Crippen LogP contribution is -2.22. The van der Waals surface area contributed by atoms with Gasteiger partial charge in [0.15, 0.2) is 5.13 Å². The van der Waals surface area contributed by atoms with E-state index in [1.807, 2.05) is 35.2 Å². The van der Waals surface area contributed by atoms with Crippen LogP contribution in [-0.4, -0.2) is 22.8 Å². The van der Waals surface area contributed by atoms with Crippen LogP contribution >= 0.6 is 11.3 Å². The van der Waals surface area contributed by atoms with Crippen LogP contribution in [-0.2, 0) is 11.3 Å². The molecule has 0 radical (unpaired) electrons. The van der Waals surface area contributed by atoms with E-state index in [1.54, 1.807) is 11.3 Å².